The Labute approximate surface area is 114 Å². The summed E-state index contributed by atoms with van der Waals surface area (Å²) in [6.45, 7) is 4.35. The molecule has 1 fully saturated rings. The highest BCUT2D eigenvalue weighted by Crippen LogP contribution is 2.28. The lowest BCUT2D eigenvalue weighted by atomic mass is 9.91. The smallest absolute Gasteiger partial charge is 0.144 e. The zero-order chi connectivity index (χ0) is 13.1. The Morgan fingerprint density at radius 1 is 1.21 bits per heavy atom. The van der Waals surface area contributed by atoms with Crippen LogP contribution in [0.4, 0.5) is 0 Å². The third-order valence-electron chi connectivity index (χ3n) is 3.94. The maximum absolute atomic E-state index is 5.48. The van der Waals surface area contributed by atoms with Crippen molar-refractivity contribution in [3.05, 3.63) is 41.8 Å². The summed E-state index contributed by atoms with van der Waals surface area (Å²) >= 11 is 0. The molecule has 3 nitrogen and oxygen atoms in total. The molecule has 3 rings (SSSR count). The third kappa shape index (κ3) is 2.87. The van der Waals surface area contributed by atoms with Crippen LogP contribution in [0.1, 0.15) is 24.2 Å². The van der Waals surface area contributed by atoms with Gasteiger partial charge in [0.1, 0.15) is 5.76 Å². The van der Waals surface area contributed by atoms with Crippen LogP contribution in [0.25, 0.3) is 11.1 Å². The molecule has 19 heavy (non-hydrogen) atoms. The second-order valence-electron chi connectivity index (χ2n) is 5.43. The van der Waals surface area contributed by atoms with Gasteiger partial charge in [-0.25, -0.2) is 0 Å². The minimum absolute atomic E-state index is 0.721. The molecule has 0 aliphatic carbocycles. The van der Waals surface area contributed by atoms with E-state index < -0.39 is 0 Å². The normalized spacial score (nSPS) is 16.7. The fourth-order valence-electron chi connectivity index (χ4n) is 2.73. The number of hydrogen-bond donors (Lipinski definition) is 1. The number of nitrogens with zero attached hydrogens (tertiary/aromatic N) is 1. The van der Waals surface area contributed by atoms with Crippen molar-refractivity contribution in [1.29, 1.82) is 0 Å². The van der Waals surface area contributed by atoms with E-state index in [1.165, 1.54) is 24.0 Å². The molecular formula is C16H20N2O. The molecule has 1 aromatic heterocycles. The Morgan fingerprint density at radius 3 is 2.68 bits per heavy atom. The van der Waals surface area contributed by atoms with Gasteiger partial charge in [-0.05, 0) is 44.3 Å². The lowest BCUT2D eigenvalue weighted by Crippen LogP contribution is -2.28. The second-order valence-corrected chi connectivity index (χ2v) is 5.43. The van der Waals surface area contributed by atoms with Crippen molar-refractivity contribution >= 4 is 0 Å². The molecule has 0 bridgehead atoms. The standard InChI is InChI=1S/C16H20N2O/c1-12-2-4-14(5-3-12)15-11-18-19-16(15)10-13-6-8-17-9-7-13/h2-5,11,13,17H,6-10H2,1H3. The maximum atomic E-state index is 5.48. The molecule has 2 heterocycles. The van der Waals surface area contributed by atoms with Gasteiger partial charge in [-0.15, -0.1) is 0 Å². The molecule has 1 aromatic carbocycles. The highest BCUT2D eigenvalue weighted by Gasteiger charge is 2.18. The quantitative estimate of drug-likeness (QED) is 0.916. The maximum Gasteiger partial charge on any atom is 0.144 e. The summed E-state index contributed by atoms with van der Waals surface area (Å²) in [6, 6.07) is 8.56. The van der Waals surface area contributed by atoms with Crippen molar-refractivity contribution in [2.45, 2.75) is 26.2 Å². The Morgan fingerprint density at radius 2 is 1.95 bits per heavy atom. The van der Waals surface area contributed by atoms with Crippen LogP contribution < -0.4 is 5.32 Å². The number of aryl methyl sites for hydroxylation is 1. The molecular weight excluding hydrogens is 236 g/mol. The summed E-state index contributed by atoms with van der Waals surface area (Å²) in [5.74, 6) is 1.76. The van der Waals surface area contributed by atoms with Gasteiger partial charge in [0.15, 0.2) is 0 Å². The van der Waals surface area contributed by atoms with E-state index in [-0.39, 0.29) is 0 Å². The number of piperidine rings is 1. The number of benzene rings is 1. The van der Waals surface area contributed by atoms with Gasteiger partial charge in [-0.2, -0.15) is 0 Å². The molecule has 0 amide bonds. The minimum atomic E-state index is 0.721. The number of nitrogens with one attached hydrogen (secondary N) is 1. The van der Waals surface area contributed by atoms with Gasteiger partial charge in [-0.3, -0.25) is 0 Å². The van der Waals surface area contributed by atoms with E-state index in [9.17, 15) is 0 Å². The summed E-state index contributed by atoms with van der Waals surface area (Å²) in [7, 11) is 0. The lowest BCUT2D eigenvalue weighted by Gasteiger charge is -2.21. The fourth-order valence-corrected chi connectivity index (χ4v) is 2.73. The molecule has 0 saturated carbocycles. The molecule has 1 aliphatic rings. The molecule has 3 heteroatoms. The van der Waals surface area contributed by atoms with Crippen molar-refractivity contribution in [1.82, 2.24) is 10.5 Å². The van der Waals surface area contributed by atoms with E-state index >= 15 is 0 Å². The average Bonchev–Trinajstić information content (AvgIpc) is 2.89. The number of hydrogen-bond acceptors (Lipinski definition) is 3. The molecule has 2 aromatic rings. The zero-order valence-corrected chi connectivity index (χ0v) is 11.4. The highest BCUT2D eigenvalue weighted by atomic mass is 16.5. The van der Waals surface area contributed by atoms with Gasteiger partial charge in [0.2, 0.25) is 0 Å². The van der Waals surface area contributed by atoms with Crippen molar-refractivity contribution in [2.24, 2.45) is 5.92 Å². The Bertz CT molecular complexity index is 524. The predicted octanol–water partition coefficient (Wildman–Crippen LogP) is 3.19. The Hall–Kier alpha value is -1.61. The second kappa shape index (κ2) is 5.57. The van der Waals surface area contributed by atoms with E-state index in [2.05, 4.69) is 41.7 Å². The lowest BCUT2D eigenvalue weighted by molar-refractivity contribution is 0.319. The first-order chi connectivity index (χ1) is 9.33. The third-order valence-corrected chi connectivity index (χ3v) is 3.94. The largest absolute Gasteiger partial charge is 0.361 e. The van der Waals surface area contributed by atoms with E-state index in [0.29, 0.717) is 0 Å². The first kappa shape index (κ1) is 12.4. The van der Waals surface area contributed by atoms with Crippen molar-refractivity contribution in [2.75, 3.05) is 13.1 Å². The topological polar surface area (TPSA) is 38.1 Å². The summed E-state index contributed by atoms with van der Waals surface area (Å²) in [5, 5.41) is 7.40. The van der Waals surface area contributed by atoms with E-state index in [1.54, 1.807) is 0 Å². The minimum Gasteiger partial charge on any atom is -0.361 e. The van der Waals surface area contributed by atoms with Gasteiger partial charge < -0.3 is 9.84 Å². The van der Waals surface area contributed by atoms with E-state index in [1.807, 2.05) is 6.20 Å². The number of rotatable bonds is 3. The average molecular weight is 256 g/mol. The fraction of sp³-hybridized carbons (Fsp3) is 0.438. The van der Waals surface area contributed by atoms with E-state index in [4.69, 9.17) is 4.52 Å². The van der Waals surface area contributed by atoms with Crippen molar-refractivity contribution in [3.8, 4) is 11.1 Å². The van der Waals surface area contributed by atoms with Crippen LogP contribution in [0, 0.1) is 12.8 Å². The molecule has 100 valence electrons. The molecule has 0 radical (unpaired) electrons. The summed E-state index contributed by atoms with van der Waals surface area (Å²) in [4.78, 5) is 0. The van der Waals surface area contributed by atoms with Crippen molar-refractivity contribution < 1.29 is 4.52 Å². The van der Waals surface area contributed by atoms with Crippen LogP contribution in [0.5, 0.6) is 0 Å². The van der Waals surface area contributed by atoms with Crippen LogP contribution in [0.15, 0.2) is 35.0 Å². The molecule has 0 atom stereocenters. The first-order valence-electron chi connectivity index (χ1n) is 7.04. The summed E-state index contributed by atoms with van der Waals surface area (Å²) < 4.78 is 5.48. The SMILES string of the molecule is Cc1ccc(-c2cnoc2CC2CCNCC2)cc1. The van der Waals surface area contributed by atoms with Crippen LogP contribution >= 0.6 is 0 Å². The van der Waals surface area contributed by atoms with Crippen molar-refractivity contribution in [3.63, 3.8) is 0 Å². The van der Waals surface area contributed by atoms with Crippen LogP contribution in [-0.4, -0.2) is 18.2 Å². The summed E-state index contributed by atoms with van der Waals surface area (Å²) in [5.41, 5.74) is 3.63. The number of aromatic nitrogens is 1. The first-order valence-corrected chi connectivity index (χ1v) is 7.04. The highest BCUT2D eigenvalue weighted by molar-refractivity contribution is 5.64. The van der Waals surface area contributed by atoms with Crippen LogP contribution in [0.3, 0.4) is 0 Å². The van der Waals surface area contributed by atoms with Gasteiger partial charge in [0.05, 0.1) is 6.20 Å². The molecule has 1 aliphatic heterocycles. The molecule has 0 unspecified atom stereocenters. The Kier molecular flexibility index (Phi) is 3.65. The van der Waals surface area contributed by atoms with Crippen LogP contribution in [-0.2, 0) is 6.42 Å². The molecule has 0 spiro atoms. The zero-order valence-electron chi connectivity index (χ0n) is 11.4. The monoisotopic (exact) mass is 256 g/mol. The molecule has 1 N–H and O–H groups in total. The van der Waals surface area contributed by atoms with Gasteiger partial charge in [0.25, 0.3) is 0 Å². The molecule has 1 saturated heterocycles. The predicted molar refractivity (Wildman–Crippen MR) is 76.0 cm³/mol. The van der Waals surface area contributed by atoms with Crippen LogP contribution in [0.2, 0.25) is 0 Å². The van der Waals surface area contributed by atoms with Gasteiger partial charge in [0, 0.05) is 12.0 Å². The van der Waals surface area contributed by atoms with Gasteiger partial charge in [-0.1, -0.05) is 35.0 Å². The summed E-state index contributed by atoms with van der Waals surface area (Å²) in [6.07, 6.45) is 5.31. The Balaban J connectivity index is 1.79. The van der Waals surface area contributed by atoms with E-state index in [0.717, 1.165) is 36.8 Å². The van der Waals surface area contributed by atoms with Gasteiger partial charge >= 0.3 is 0 Å².